The maximum absolute atomic E-state index is 12.5. The number of rotatable bonds is 5. The zero-order valence-corrected chi connectivity index (χ0v) is 13.9. The lowest BCUT2D eigenvalue weighted by atomic mass is 10.0. The van der Waals surface area contributed by atoms with Gasteiger partial charge in [-0.15, -0.1) is 0 Å². The predicted molar refractivity (Wildman–Crippen MR) is 89.8 cm³/mol. The first-order chi connectivity index (χ1) is 11.0. The molecule has 1 aliphatic rings. The van der Waals surface area contributed by atoms with E-state index in [0.717, 1.165) is 11.1 Å². The van der Waals surface area contributed by atoms with Crippen LogP contribution in [0.5, 0.6) is 0 Å². The SMILES string of the molecule is CCNC(=O)CN1CCN(C(=O)C(N)c2ccc(C)cc2)CC1. The number of carbonyl (C=O) groups excluding carboxylic acids is 2. The van der Waals surface area contributed by atoms with Crippen LogP contribution < -0.4 is 11.1 Å². The maximum atomic E-state index is 12.5. The lowest BCUT2D eigenvalue weighted by Crippen LogP contribution is -2.52. The summed E-state index contributed by atoms with van der Waals surface area (Å²) in [6.45, 7) is 7.55. The van der Waals surface area contributed by atoms with Gasteiger partial charge in [-0.2, -0.15) is 0 Å². The molecule has 0 aliphatic carbocycles. The molecule has 126 valence electrons. The Morgan fingerprint density at radius 1 is 1.17 bits per heavy atom. The average molecular weight is 318 g/mol. The number of nitrogens with two attached hydrogens (primary N) is 1. The van der Waals surface area contributed by atoms with Crippen molar-refractivity contribution in [3.8, 4) is 0 Å². The largest absolute Gasteiger partial charge is 0.355 e. The molecule has 6 nitrogen and oxygen atoms in total. The van der Waals surface area contributed by atoms with Crippen LogP contribution in [0, 0.1) is 6.92 Å². The maximum Gasteiger partial charge on any atom is 0.244 e. The fraction of sp³-hybridized carbons (Fsp3) is 0.529. The molecule has 1 saturated heterocycles. The van der Waals surface area contributed by atoms with E-state index in [1.54, 1.807) is 4.90 Å². The molecule has 0 radical (unpaired) electrons. The first-order valence-corrected chi connectivity index (χ1v) is 8.11. The number of hydrogen-bond acceptors (Lipinski definition) is 4. The first-order valence-electron chi connectivity index (χ1n) is 8.11. The van der Waals surface area contributed by atoms with Gasteiger partial charge in [0.2, 0.25) is 11.8 Å². The molecule has 3 N–H and O–H groups in total. The van der Waals surface area contributed by atoms with Crippen LogP contribution >= 0.6 is 0 Å². The quantitative estimate of drug-likeness (QED) is 0.817. The Morgan fingerprint density at radius 3 is 2.35 bits per heavy atom. The highest BCUT2D eigenvalue weighted by Crippen LogP contribution is 2.15. The minimum Gasteiger partial charge on any atom is -0.355 e. The van der Waals surface area contributed by atoms with Crippen LogP contribution in [0.3, 0.4) is 0 Å². The summed E-state index contributed by atoms with van der Waals surface area (Å²) in [6, 6.07) is 7.12. The standard InChI is InChI=1S/C17H26N4O2/c1-3-19-15(22)12-20-8-10-21(11-9-20)17(23)16(18)14-6-4-13(2)5-7-14/h4-7,16H,3,8-12,18H2,1-2H3,(H,19,22). The van der Waals surface area contributed by atoms with Gasteiger partial charge in [0.25, 0.3) is 0 Å². The van der Waals surface area contributed by atoms with Gasteiger partial charge in [-0.1, -0.05) is 29.8 Å². The summed E-state index contributed by atoms with van der Waals surface area (Å²) in [7, 11) is 0. The second-order valence-electron chi connectivity index (χ2n) is 5.94. The van der Waals surface area contributed by atoms with Gasteiger partial charge in [-0.05, 0) is 19.4 Å². The lowest BCUT2D eigenvalue weighted by Gasteiger charge is -2.35. The number of benzene rings is 1. The third-order valence-corrected chi connectivity index (χ3v) is 4.13. The van der Waals surface area contributed by atoms with Crippen LogP contribution in [0.1, 0.15) is 24.1 Å². The van der Waals surface area contributed by atoms with Crippen LogP contribution in [-0.4, -0.2) is 60.9 Å². The zero-order valence-electron chi connectivity index (χ0n) is 13.9. The highest BCUT2D eigenvalue weighted by atomic mass is 16.2. The van der Waals surface area contributed by atoms with Gasteiger partial charge in [0.05, 0.1) is 6.54 Å². The summed E-state index contributed by atoms with van der Waals surface area (Å²) >= 11 is 0. The number of piperazine rings is 1. The van der Waals surface area contributed by atoms with E-state index in [1.807, 2.05) is 38.1 Å². The molecular formula is C17H26N4O2. The van der Waals surface area contributed by atoms with Crippen LogP contribution in [0.25, 0.3) is 0 Å². The van der Waals surface area contributed by atoms with E-state index >= 15 is 0 Å². The summed E-state index contributed by atoms with van der Waals surface area (Å²) in [5.41, 5.74) is 8.09. The number of amides is 2. The van der Waals surface area contributed by atoms with Gasteiger partial charge in [-0.3, -0.25) is 14.5 Å². The van der Waals surface area contributed by atoms with E-state index in [0.29, 0.717) is 39.3 Å². The van der Waals surface area contributed by atoms with Crippen molar-refractivity contribution in [2.24, 2.45) is 5.73 Å². The zero-order chi connectivity index (χ0) is 16.8. The third kappa shape index (κ3) is 4.77. The number of likely N-dealkylation sites (N-methyl/N-ethyl adjacent to an activating group) is 1. The summed E-state index contributed by atoms with van der Waals surface area (Å²) in [5.74, 6) is -0.0184. The number of hydrogen-bond donors (Lipinski definition) is 2. The normalized spacial score (nSPS) is 16.9. The van der Waals surface area contributed by atoms with E-state index < -0.39 is 6.04 Å². The minimum absolute atomic E-state index is 0.0311. The molecule has 1 unspecified atom stereocenters. The molecule has 1 atom stereocenters. The molecule has 0 bridgehead atoms. The van der Waals surface area contributed by atoms with Crippen LogP contribution in [0.15, 0.2) is 24.3 Å². The van der Waals surface area contributed by atoms with Crippen molar-refractivity contribution in [2.45, 2.75) is 19.9 Å². The summed E-state index contributed by atoms with van der Waals surface area (Å²) < 4.78 is 0. The molecule has 1 aromatic carbocycles. The van der Waals surface area contributed by atoms with Crippen molar-refractivity contribution >= 4 is 11.8 Å². The Balaban J connectivity index is 1.85. The highest BCUT2D eigenvalue weighted by Gasteiger charge is 2.26. The van der Waals surface area contributed by atoms with Gasteiger partial charge in [0.1, 0.15) is 6.04 Å². The molecule has 2 amide bonds. The van der Waals surface area contributed by atoms with Crippen molar-refractivity contribution in [3.63, 3.8) is 0 Å². The van der Waals surface area contributed by atoms with Crippen molar-refractivity contribution in [1.82, 2.24) is 15.1 Å². The molecular weight excluding hydrogens is 292 g/mol. The molecule has 1 aromatic rings. The van der Waals surface area contributed by atoms with Crippen molar-refractivity contribution in [3.05, 3.63) is 35.4 Å². The molecule has 6 heteroatoms. The second kappa shape index (κ2) is 8.08. The molecule has 1 fully saturated rings. The fourth-order valence-corrected chi connectivity index (χ4v) is 2.70. The number of nitrogens with one attached hydrogen (secondary N) is 1. The number of carbonyl (C=O) groups is 2. The van der Waals surface area contributed by atoms with E-state index in [2.05, 4.69) is 10.2 Å². The van der Waals surface area contributed by atoms with Crippen molar-refractivity contribution in [2.75, 3.05) is 39.3 Å². The molecule has 2 rings (SSSR count). The Kier molecular flexibility index (Phi) is 6.12. The third-order valence-electron chi connectivity index (χ3n) is 4.13. The van der Waals surface area contributed by atoms with E-state index in [4.69, 9.17) is 5.73 Å². The first kappa shape index (κ1) is 17.4. The van der Waals surface area contributed by atoms with E-state index in [-0.39, 0.29) is 11.8 Å². The van der Waals surface area contributed by atoms with Crippen molar-refractivity contribution < 1.29 is 9.59 Å². The van der Waals surface area contributed by atoms with Gasteiger partial charge in [-0.25, -0.2) is 0 Å². The van der Waals surface area contributed by atoms with Gasteiger partial charge >= 0.3 is 0 Å². The molecule has 1 aliphatic heterocycles. The topological polar surface area (TPSA) is 78.7 Å². The Labute approximate surface area is 137 Å². The summed E-state index contributed by atoms with van der Waals surface area (Å²) in [6.07, 6.45) is 0. The Bertz CT molecular complexity index is 536. The number of nitrogens with zero attached hydrogens (tertiary/aromatic N) is 2. The fourth-order valence-electron chi connectivity index (χ4n) is 2.70. The van der Waals surface area contributed by atoms with E-state index in [9.17, 15) is 9.59 Å². The second-order valence-corrected chi connectivity index (χ2v) is 5.94. The molecule has 0 aromatic heterocycles. The van der Waals surface area contributed by atoms with Crippen LogP contribution in [0.2, 0.25) is 0 Å². The minimum atomic E-state index is -0.620. The molecule has 0 saturated carbocycles. The van der Waals surface area contributed by atoms with Gasteiger partial charge < -0.3 is 16.0 Å². The molecule has 23 heavy (non-hydrogen) atoms. The van der Waals surface area contributed by atoms with Crippen molar-refractivity contribution in [1.29, 1.82) is 0 Å². The lowest BCUT2D eigenvalue weighted by molar-refractivity contribution is -0.134. The van der Waals surface area contributed by atoms with Crippen LogP contribution in [-0.2, 0) is 9.59 Å². The van der Waals surface area contributed by atoms with Gasteiger partial charge in [0.15, 0.2) is 0 Å². The highest BCUT2D eigenvalue weighted by molar-refractivity contribution is 5.83. The molecule has 0 spiro atoms. The summed E-state index contributed by atoms with van der Waals surface area (Å²) in [4.78, 5) is 28.0. The van der Waals surface area contributed by atoms with E-state index in [1.165, 1.54) is 0 Å². The van der Waals surface area contributed by atoms with Crippen LogP contribution in [0.4, 0.5) is 0 Å². The van der Waals surface area contributed by atoms with Gasteiger partial charge in [0, 0.05) is 32.7 Å². The molecule has 1 heterocycles. The monoisotopic (exact) mass is 318 g/mol. The Hall–Kier alpha value is -1.92. The number of aryl methyl sites for hydroxylation is 1. The Morgan fingerprint density at radius 2 is 1.78 bits per heavy atom. The summed E-state index contributed by atoms with van der Waals surface area (Å²) in [5, 5.41) is 2.79. The smallest absolute Gasteiger partial charge is 0.244 e. The predicted octanol–water partition coefficient (Wildman–Crippen LogP) is 0.275. The average Bonchev–Trinajstić information content (AvgIpc) is 2.55.